The minimum atomic E-state index is -3.93. The Hall–Kier alpha value is -6.61. The largest absolute Gasteiger partial charge is 0.491 e. The number of anilines is 1. The van der Waals surface area contributed by atoms with Crippen LogP contribution in [0.4, 0.5) is 14.5 Å². The fraction of sp³-hybridized carbons (Fsp3) is 0.360. The number of carbonyl (C=O) groups is 4. The smallest absolute Gasteiger partial charge is 0.246 e. The Morgan fingerprint density at radius 3 is 2.47 bits per heavy atom. The molecule has 70 heavy (non-hydrogen) atoms. The molecule has 1 saturated heterocycles. The average molecular weight is 1000 g/mol. The molecule has 0 bridgehead atoms. The number of aliphatic hydroxyl groups is 1. The lowest BCUT2D eigenvalue weighted by Crippen LogP contribution is -2.57. The maximum atomic E-state index is 15.5. The summed E-state index contributed by atoms with van der Waals surface area (Å²) in [6, 6.07) is 16.2. The number of β-amino-alcohol motifs (C(OH)–C–C–N with tert-alkyl or cyclic N) is 1. The number of ether oxygens (including phenoxy) is 2. The number of aromatic nitrogens is 3. The fourth-order valence-electron chi connectivity index (χ4n) is 8.07. The molecule has 3 aromatic carbocycles. The molecule has 1 aliphatic rings. The molecule has 6 aromatic rings. The van der Waals surface area contributed by atoms with E-state index in [0.29, 0.717) is 16.9 Å². The van der Waals surface area contributed by atoms with Crippen LogP contribution in [0.25, 0.3) is 32.6 Å². The average Bonchev–Trinajstić information content (AvgIpc) is 4.07. The summed E-state index contributed by atoms with van der Waals surface area (Å²) < 4.78 is 68.9. The van der Waals surface area contributed by atoms with Gasteiger partial charge in [-0.3, -0.25) is 23.9 Å². The molecule has 20 heteroatoms. The number of ketones is 1. The molecular formula is C50H55F2N7O9S2. The predicted octanol–water partition coefficient (Wildman–Crippen LogP) is 6.92. The number of halogens is 2. The minimum absolute atomic E-state index is 0.0223. The number of benzene rings is 3. The Bertz CT molecular complexity index is 2990. The van der Waals surface area contributed by atoms with Gasteiger partial charge in [0.1, 0.15) is 35.9 Å². The molecule has 0 spiro atoms. The maximum Gasteiger partial charge on any atom is 0.246 e. The predicted molar refractivity (Wildman–Crippen MR) is 262 cm³/mol. The molecule has 5 N–H and O–H groups in total. The third kappa shape index (κ3) is 12.2. The van der Waals surface area contributed by atoms with Gasteiger partial charge in [0.25, 0.3) is 0 Å². The number of aromatic amines is 1. The van der Waals surface area contributed by atoms with Gasteiger partial charge in [-0.05, 0) is 65.8 Å². The summed E-state index contributed by atoms with van der Waals surface area (Å²) in [7, 11) is -3.93. The Morgan fingerprint density at radius 1 is 0.986 bits per heavy atom. The lowest BCUT2D eigenvalue weighted by molar-refractivity contribution is -0.144. The summed E-state index contributed by atoms with van der Waals surface area (Å²) >= 11 is 1.55. The van der Waals surface area contributed by atoms with Crippen molar-refractivity contribution in [2.24, 2.45) is 5.41 Å². The number of sulfonamides is 1. The molecule has 4 heterocycles. The number of nitrogens with one attached hydrogen (secondary N) is 4. The van der Waals surface area contributed by atoms with E-state index in [1.165, 1.54) is 11.1 Å². The fourth-order valence-corrected chi connectivity index (χ4v) is 10.0. The van der Waals surface area contributed by atoms with Crippen molar-refractivity contribution >= 4 is 61.6 Å². The Labute approximate surface area is 408 Å². The first kappa shape index (κ1) is 51.2. The number of hydrogen-bond donors (Lipinski definition) is 5. The number of nitrogens with zero attached hydrogens (tertiary/aromatic N) is 3. The van der Waals surface area contributed by atoms with E-state index in [2.05, 4.69) is 30.3 Å². The van der Waals surface area contributed by atoms with Gasteiger partial charge in [0.2, 0.25) is 33.5 Å². The molecule has 16 nitrogen and oxygen atoms in total. The molecule has 1 aliphatic heterocycles. The molecule has 0 aliphatic carbocycles. The van der Waals surface area contributed by atoms with Gasteiger partial charge >= 0.3 is 0 Å². The van der Waals surface area contributed by atoms with Gasteiger partial charge in [0.05, 0.1) is 52.4 Å². The Balaban J connectivity index is 0.898. The SMILES string of the molecule is CCCS(=O)(=O)Nc1ccc(F)c(C(=O)c2c[nH]c3ncc(-c4cccc(OCCOCCC(=O)N[C@H](C(=O)N5C[C@H](O)C[C@H]5C(=O)NCc5ccc(-c6scnc6C)cc5)C(C)(C)C)c4)cc23)c1F. The molecule has 3 atom stereocenters. The molecule has 0 radical (unpaired) electrons. The van der Waals surface area contributed by atoms with Crippen molar-refractivity contribution in [3.8, 4) is 27.3 Å². The van der Waals surface area contributed by atoms with E-state index >= 15 is 8.78 Å². The van der Waals surface area contributed by atoms with Gasteiger partial charge in [0.15, 0.2) is 5.82 Å². The number of likely N-dealkylation sites (tertiary alicyclic amines) is 1. The van der Waals surface area contributed by atoms with Crippen molar-refractivity contribution in [1.82, 2.24) is 30.5 Å². The summed E-state index contributed by atoms with van der Waals surface area (Å²) in [5, 5.41) is 16.6. The number of amides is 3. The second kappa shape index (κ2) is 22.0. The molecular weight excluding hydrogens is 945 g/mol. The van der Waals surface area contributed by atoms with Crippen molar-refractivity contribution in [3.05, 3.63) is 119 Å². The second-order valence-electron chi connectivity index (χ2n) is 18.0. The number of carbonyl (C=O) groups excluding carboxylic acids is 4. The number of thiazole rings is 1. The number of H-pyrrole nitrogens is 1. The zero-order chi connectivity index (χ0) is 50.3. The van der Waals surface area contributed by atoms with Crippen molar-refractivity contribution in [2.45, 2.75) is 78.6 Å². The van der Waals surface area contributed by atoms with Crippen LogP contribution in [0.1, 0.15) is 74.1 Å². The van der Waals surface area contributed by atoms with Gasteiger partial charge < -0.3 is 35.1 Å². The highest BCUT2D eigenvalue weighted by atomic mass is 32.2. The molecule has 7 rings (SSSR count). The molecule has 3 amide bonds. The molecule has 1 fully saturated rings. The van der Waals surface area contributed by atoms with Gasteiger partial charge in [-0.25, -0.2) is 27.2 Å². The van der Waals surface area contributed by atoms with E-state index in [9.17, 15) is 32.7 Å². The third-order valence-electron chi connectivity index (χ3n) is 11.7. The summed E-state index contributed by atoms with van der Waals surface area (Å²) in [6.07, 6.45) is 2.20. The van der Waals surface area contributed by atoms with Gasteiger partial charge in [-0.2, -0.15) is 0 Å². The van der Waals surface area contributed by atoms with E-state index < -0.39 is 80.0 Å². The zero-order valence-corrected chi connectivity index (χ0v) is 40.9. The van der Waals surface area contributed by atoms with Crippen LogP contribution in [0.15, 0.2) is 84.6 Å². The highest BCUT2D eigenvalue weighted by Crippen LogP contribution is 2.32. The number of hydrogen-bond acceptors (Lipinski definition) is 12. The summed E-state index contributed by atoms with van der Waals surface area (Å²) in [6.45, 7) is 9.44. The van der Waals surface area contributed by atoms with Gasteiger partial charge in [0, 0.05) is 54.8 Å². The van der Waals surface area contributed by atoms with E-state index in [0.717, 1.165) is 33.8 Å². The van der Waals surface area contributed by atoms with E-state index in [-0.39, 0.29) is 74.5 Å². The highest BCUT2D eigenvalue weighted by molar-refractivity contribution is 7.92. The van der Waals surface area contributed by atoms with Crippen LogP contribution < -0.4 is 20.1 Å². The van der Waals surface area contributed by atoms with Crippen LogP contribution in [-0.2, 0) is 35.7 Å². The Morgan fingerprint density at radius 2 is 1.76 bits per heavy atom. The second-order valence-corrected chi connectivity index (χ2v) is 20.7. The number of aliphatic hydroxyl groups excluding tert-OH is 1. The van der Waals surface area contributed by atoms with Crippen LogP contribution in [0.5, 0.6) is 5.75 Å². The van der Waals surface area contributed by atoms with Crippen molar-refractivity contribution < 1.29 is 51.0 Å². The van der Waals surface area contributed by atoms with Crippen molar-refractivity contribution in [3.63, 3.8) is 0 Å². The van der Waals surface area contributed by atoms with Crippen LogP contribution in [-0.4, -0.2) is 107 Å². The van der Waals surface area contributed by atoms with Gasteiger partial charge in [-0.15, -0.1) is 11.3 Å². The maximum absolute atomic E-state index is 15.5. The zero-order valence-electron chi connectivity index (χ0n) is 39.3. The number of pyridine rings is 1. The molecule has 3 aromatic heterocycles. The Kier molecular flexibility index (Phi) is 16.1. The van der Waals surface area contributed by atoms with Crippen LogP contribution >= 0.6 is 11.3 Å². The topological polar surface area (TPSA) is 222 Å². The third-order valence-corrected chi connectivity index (χ3v) is 14.1. The summed E-state index contributed by atoms with van der Waals surface area (Å²) in [5.74, 6) is -4.63. The minimum Gasteiger partial charge on any atom is -0.491 e. The molecule has 0 saturated carbocycles. The lowest BCUT2D eigenvalue weighted by atomic mass is 9.85. The molecule has 370 valence electrons. The highest BCUT2D eigenvalue weighted by Gasteiger charge is 2.44. The van der Waals surface area contributed by atoms with E-state index in [4.69, 9.17) is 9.47 Å². The van der Waals surface area contributed by atoms with Crippen LogP contribution in [0.2, 0.25) is 0 Å². The first-order valence-electron chi connectivity index (χ1n) is 22.7. The van der Waals surface area contributed by atoms with E-state index in [1.807, 2.05) is 52.0 Å². The lowest BCUT2D eigenvalue weighted by Gasteiger charge is -2.35. The van der Waals surface area contributed by atoms with E-state index in [1.54, 1.807) is 60.3 Å². The normalized spacial score (nSPS) is 15.5. The number of rotatable bonds is 20. The van der Waals surface area contributed by atoms with Crippen molar-refractivity contribution in [1.29, 1.82) is 0 Å². The quantitative estimate of drug-likeness (QED) is 0.0390. The van der Waals surface area contributed by atoms with Crippen molar-refractivity contribution in [2.75, 3.05) is 36.8 Å². The number of fused-ring (bicyclic) bond motifs is 1. The summed E-state index contributed by atoms with van der Waals surface area (Å²) in [5.41, 5.74) is 3.85. The standard InChI is InChI=1S/C50H55F2N7O9S2/c1-6-20-70(65,66)58-39-15-14-38(51)42(43(39)52)44(62)37-26-54-47-36(37)22-33(25-53-47)32-8-7-9-35(21-32)68-19-18-67-17-16-41(61)57-46(50(3,4)5)49(64)59-27-34(60)23-40(59)48(63)55-24-30-10-12-31(13-11-30)45-29(2)56-28-69-45/h7-15,21-22,25-26,28,34,40,46,58,60H,6,16-20,23-24,27H2,1-5H3,(H,53,54)(H,55,63)(H,57,61)/t34-,40+,46-/m1/s1. The van der Waals surface area contributed by atoms with Crippen LogP contribution in [0.3, 0.4) is 0 Å². The van der Waals surface area contributed by atoms with Gasteiger partial charge in [-0.1, -0.05) is 64.1 Å². The molecule has 0 unspecified atom stereocenters. The first-order chi connectivity index (χ1) is 33.3. The monoisotopic (exact) mass is 999 g/mol. The first-order valence-corrected chi connectivity index (χ1v) is 25.2. The summed E-state index contributed by atoms with van der Waals surface area (Å²) in [4.78, 5) is 68.3. The van der Waals surface area contributed by atoms with Crippen LogP contribution in [0, 0.1) is 24.0 Å². The number of aryl methyl sites for hydroxylation is 1.